The molecule has 0 radical (unpaired) electrons. The number of alkyl carbamates (subject to hydrolysis) is 1. The number of aromatic nitrogens is 1. The lowest BCUT2D eigenvalue weighted by molar-refractivity contribution is -0.137. The number of aliphatic carboxylic acids is 1. The number of rotatable bonds is 7. The average molecular weight is 476 g/mol. The highest BCUT2D eigenvalue weighted by atomic mass is 16.5. The van der Waals surface area contributed by atoms with Crippen LogP contribution in [0.4, 0.5) is 4.79 Å². The first-order valence-electron chi connectivity index (χ1n) is 11.6. The number of likely N-dealkylation sites (tertiary alicyclic amines) is 1. The molecule has 0 saturated carbocycles. The van der Waals surface area contributed by atoms with E-state index < -0.39 is 12.1 Å². The van der Waals surface area contributed by atoms with Crippen molar-refractivity contribution in [1.29, 1.82) is 0 Å². The molecule has 0 spiro atoms. The predicted molar refractivity (Wildman–Crippen MR) is 125 cm³/mol. The van der Waals surface area contributed by atoms with Gasteiger partial charge in [-0.25, -0.2) is 4.79 Å². The van der Waals surface area contributed by atoms with E-state index in [-0.39, 0.29) is 48.7 Å². The van der Waals surface area contributed by atoms with E-state index in [0.717, 1.165) is 28.7 Å². The third kappa shape index (κ3) is 4.49. The van der Waals surface area contributed by atoms with Gasteiger partial charge in [0, 0.05) is 18.5 Å². The Bertz CT molecular complexity index is 1220. The number of carbonyl (C=O) groups is 3. The zero-order valence-electron chi connectivity index (χ0n) is 19.0. The van der Waals surface area contributed by atoms with Crippen LogP contribution in [0.5, 0.6) is 0 Å². The summed E-state index contributed by atoms with van der Waals surface area (Å²) in [6.07, 6.45) is 1.87. The van der Waals surface area contributed by atoms with Crippen molar-refractivity contribution in [2.75, 3.05) is 13.2 Å². The molecule has 5 rings (SSSR count). The molecule has 2 amide bonds. The summed E-state index contributed by atoms with van der Waals surface area (Å²) in [6.45, 7) is 0.599. The number of ether oxygens (including phenoxy) is 1. The standard InChI is InChI=1S/C26H25N3O6/c30-24(31)12-16-6-5-11-29(16)25(32)22-15-35-28-23(22)13-27-26(33)34-14-21-19-9-3-1-7-17(19)18-8-2-4-10-20(18)21/h1-4,7-10,15-16,21H,5-6,11-14H2,(H,27,33)(H,30,31)/t16-/m1/s1. The summed E-state index contributed by atoms with van der Waals surface area (Å²) in [5, 5.41) is 15.6. The van der Waals surface area contributed by atoms with Crippen molar-refractivity contribution in [2.45, 2.75) is 37.8 Å². The first kappa shape index (κ1) is 22.6. The summed E-state index contributed by atoms with van der Waals surface area (Å²) in [4.78, 5) is 38.1. The molecule has 2 aromatic carbocycles. The van der Waals surface area contributed by atoms with E-state index >= 15 is 0 Å². The fraction of sp³-hybridized carbons (Fsp3) is 0.308. The maximum atomic E-state index is 13.0. The summed E-state index contributed by atoms with van der Waals surface area (Å²) in [5.41, 5.74) is 5.00. The number of hydrogen-bond donors (Lipinski definition) is 2. The molecule has 2 N–H and O–H groups in total. The van der Waals surface area contributed by atoms with Gasteiger partial charge in [0.1, 0.15) is 24.1 Å². The highest BCUT2D eigenvalue weighted by Gasteiger charge is 2.33. The Hall–Kier alpha value is -4.14. The summed E-state index contributed by atoms with van der Waals surface area (Å²) in [5.74, 6) is -1.35. The van der Waals surface area contributed by atoms with Gasteiger partial charge in [0.2, 0.25) is 0 Å². The maximum Gasteiger partial charge on any atom is 0.407 e. The molecular formula is C26H25N3O6. The minimum atomic E-state index is -0.947. The van der Waals surface area contributed by atoms with Crippen LogP contribution in [0.15, 0.2) is 59.3 Å². The first-order valence-corrected chi connectivity index (χ1v) is 11.6. The van der Waals surface area contributed by atoms with E-state index in [9.17, 15) is 14.4 Å². The van der Waals surface area contributed by atoms with Gasteiger partial charge in [-0.1, -0.05) is 53.7 Å². The third-order valence-corrected chi connectivity index (χ3v) is 6.67. The van der Waals surface area contributed by atoms with Gasteiger partial charge in [-0.3, -0.25) is 9.59 Å². The fourth-order valence-corrected chi connectivity index (χ4v) is 5.04. The quantitative estimate of drug-likeness (QED) is 0.533. The Morgan fingerprint density at radius 2 is 1.77 bits per heavy atom. The molecule has 1 aliphatic heterocycles. The van der Waals surface area contributed by atoms with E-state index in [1.807, 2.05) is 36.4 Å². The number of carboxylic acids is 1. The molecule has 9 heteroatoms. The van der Waals surface area contributed by atoms with Gasteiger partial charge in [0.05, 0.1) is 13.0 Å². The molecule has 3 aromatic rings. The molecule has 2 heterocycles. The molecule has 0 bridgehead atoms. The predicted octanol–water partition coefficient (Wildman–Crippen LogP) is 3.79. The van der Waals surface area contributed by atoms with Crippen molar-refractivity contribution in [3.63, 3.8) is 0 Å². The second kappa shape index (κ2) is 9.61. The number of carbonyl (C=O) groups excluding carboxylic acids is 2. The molecule has 35 heavy (non-hydrogen) atoms. The van der Waals surface area contributed by atoms with Crippen molar-refractivity contribution >= 4 is 18.0 Å². The number of nitrogens with one attached hydrogen (secondary N) is 1. The van der Waals surface area contributed by atoms with Crippen LogP contribution in [-0.4, -0.2) is 52.3 Å². The molecule has 1 aliphatic carbocycles. The topological polar surface area (TPSA) is 122 Å². The third-order valence-electron chi connectivity index (χ3n) is 6.67. The Labute approximate surface area is 201 Å². The number of fused-ring (bicyclic) bond motifs is 3. The van der Waals surface area contributed by atoms with E-state index in [1.54, 1.807) is 0 Å². The average Bonchev–Trinajstić information content (AvgIpc) is 3.58. The van der Waals surface area contributed by atoms with Crippen LogP contribution in [0.25, 0.3) is 11.1 Å². The van der Waals surface area contributed by atoms with Gasteiger partial charge in [0.15, 0.2) is 0 Å². The van der Waals surface area contributed by atoms with Crippen LogP contribution in [0.1, 0.15) is 52.4 Å². The van der Waals surface area contributed by atoms with E-state index in [2.05, 4.69) is 22.6 Å². The summed E-state index contributed by atoms with van der Waals surface area (Å²) >= 11 is 0. The number of amides is 2. The molecule has 1 fully saturated rings. The number of carboxylic acid groups (broad SMARTS) is 1. The summed E-state index contributed by atoms with van der Waals surface area (Å²) < 4.78 is 10.5. The van der Waals surface area contributed by atoms with Gasteiger partial charge in [0.25, 0.3) is 5.91 Å². The maximum absolute atomic E-state index is 13.0. The first-order chi connectivity index (χ1) is 17.0. The monoisotopic (exact) mass is 475 g/mol. The summed E-state index contributed by atoms with van der Waals surface area (Å²) in [7, 11) is 0. The van der Waals surface area contributed by atoms with E-state index in [4.69, 9.17) is 14.4 Å². The second-order valence-electron chi connectivity index (χ2n) is 8.75. The molecular weight excluding hydrogens is 450 g/mol. The number of benzene rings is 2. The van der Waals surface area contributed by atoms with E-state index in [1.165, 1.54) is 11.2 Å². The van der Waals surface area contributed by atoms with Gasteiger partial charge in [-0.2, -0.15) is 0 Å². The lowest BCUT2D eigenvalue weighted by atomic mass is 9.98. The molecule has 0 unspecified atom stereocenters. The minimum absolute atomic E-state index is 0.0499. The van der Waals surface area contributed by atoms with Gasteiger partial charge in [-0.15, -0.1) is 0 Å². The molecule has 9 nitrogen and oxygen atoms in total. The van der Waals surface area contributed by atoms with Crippen molar-refractivity contribution in [3.8, 4) is 11.1 Å². The number of nitrogens with zero attached hydrogens (tertiary/aromatic N) is 2. The lowest BCUT2D eigenvalue weighted by Gasteiger charge is -2.23. The highest BCUT2D eigenvalue weighted by molar-refractivity contribution is 5.95. The highest BCUT2D eigenvalue weighted by Crippen LogP contribution is 2.44. The van der Waals surface area contributed by atoms with Crippen LogP contribution in [0.2, 0.25) is 0 Å². The largest absolute Gasteiger partial charge is 0.481 e. The fourth-order valence-electron chi connectivity index (χ4n) is 5.04. The van der Waals surface area contributed by atoms with Crippen LogP contribution >= 0.6 is 0 Å². The second-order valence-corrected chi connectivity index (χ2v) is 8.75. The van der Waals surface area contributed by atoms with Gasteiger partial charge >= 0.3 is 12.1 Å². The zero-order valence-corrected chi connectivity index (χ0v) is 19.0. The van der Waals surface area contributed by atoms with Crippen LogP contribution < -0.4 is 5.32 Å². The molecule has 2 aliphatic rings. The Morgan fingerprint density at radius 1 is 1.09 bits per heavy atom. The molecule has 1 saturated heterocycles. The van der Waals surface area contributed by atoms with E-state index in [0.29, 0.717) is 13.0 Å². The van der Waals surface area contributed by atoms with Crippen molar-refractivity contribution < 1.29 is 28.8 Å². The lowest BCUT2D eigenvalue weighted by Crippen LogP contribution is -2.37. The Morgan fingerprint density at radius 3 is 2.46 bits per heavy atom. The summed E-state index contributed by atoms with van der Waals surface area (Å²) in [6, 6.07) is 15.8. The zero-order chi connectivity index (χ0) is 24.4. The van der Waals surface area contributed by atoms with Crippen molar-refractivity contribution in [2.24, 2.45) is 0 Å². The molecule has 180 valence electrons. The normalized spacial score (nSPS) is 16.6. The van der Waals surface area contributed by atoms with Crippen molar-refractivity contribution in [3.05, 3.63) is 77.2 Å². The van der Waals surface area contributed by atoms with Gasteiger partial charge in [-0.05, 0) is 35.1 Å². The molecule has 1 aromatic heterocycles. The Balaban J connectivity index is 1.20. The smallest absolute Gasteiger partial charge is 0.407 e. The van der Waals surface area contributed by atoms with Crippen molar-refractivity contribution in [1.82, 2.24) is 15.4 Å². The SMILES string of the molecule is O=C(O)C[C@H]1CCCN1C(=O)c1conc1CNC(=O)OCC1c2ccccc2-c2ccccc21. The van der Waals surface area contributed by atoms with Crippen LogP contribution in [0, 0.1) is 0 Å². The van der Waals surface area contributed by atoms with Crippen LogP contribution in [-0.2, 0) is 16.1 Å². The Kier molecular flexibility index (Phi) is 6.22. The van der Waals surface area contributed by atoms with Gasteiger partial charge < -0.3 is 24.6 Å². The number of hydrogen-bond acceptors (Lipinski definition) is 6. The van der Waals surface area contributed by atoms with Crippen LogP contribution in [0.3, 0.4) is 0 Å². The molecule has 1 atom stereocenters. The minimum Gasteiger partial charge on any atom is -0.481 e.